The highest BCUT2D eigenvalue weighted by Crippen LogP contribution is 2.26. The Morgan fingerprint density at radius 2 is 2.00 bits per heavy atom. The average Bonchev–Trinajstić information content (AvgIpc) is 2.90. The van der Waals surface area contributed by atoms with Gasteiger partial charge in [-0.25, -0.2) is 4.98 Å². The maximum Gasteiger partial charge on any atom is 0.257 e. The summed E-state index contributed by atoms with van der Waals surface area (Å²) in [6.45, 7) is 6.10. The van der Waals surface area contributed by atoms with Crippen LogP contribution < -0.4 is 4.90 Å². The van der Waals surface area contributed by atoms with Crippen molar-refractivity contribution in [3.05, 3.63) is 23.9 Å². The molecule has 0 saturated carbocycles. The van der Waals surface area contributed by atoms with Gasteiger partial charge in [-0.05, 0) is 38.4 Å². The molecule has 3 fully saturated rings. The molecule has 6 heteroatoms. The first-order valence-corrected chi connectivity index (χ1v) is 9.49. The van der Waals surface area contributed by atoms with Crippen molar-refractivity contribution in [2.75, 3.05) is 57.9 Å². The standard InChI is InChI=1S/C19H28N4O2/c1-21-10-15-11-23(12-16(21)14-25-13-15)18-17(6-5-7-20-18)19(24)22-8-3-2-4-9-22/h5-7,15-16H,2-4,8-14H2,1H3/t15-,16+/m1/s1. The lowest BCUT2D eigenvalue weighted by atomic mass is 10.1. The minimum Gasteiger partial charge on any atom is -0.379 e. The topological polar surface area (TPSA) is 48.9 Å². The number of likely N-dealkylation sites (N-methyl/N-ethyl adjacent to an activating group) is 1. The van der Waals surface area contributed by atoms with Crippen LogP contribution in [0.4, 0.5) is 5.82 Å². The highest BCUT2D eigenvalue weighted by Gasteiger charge is 2.33. The number of pyridine rings is 1. The summed E-state index contributed by atoms with van der Waals surface area (Å²) in [5.41, 5.74) is 0.757. The highest BCUT2D eigenvalue weighted by molar-refractivity contribution is 5.99. The maximum atomic E-state index is 13.1. The van der Waals surface area contributed by atoms with E-state index in [2.05, 4.69) is 21.8 Å². The van der Waals surface area contributed by atoms with Crippen molar-refractivity contribution in [2.45, 2.75) is 25.3 Å². The third-order valence-corrected chi connectivity index (χ3v) is 5.70. The number of rotatable bonds is 2. The molecule has 2 atom stereocenters. The first-order valence-electron chi connectivity index (χ1n) is 9.49. The van der Waals surface area contributed by atoms with Gasteiger partial charge in [0.1, 0.15) is 5.82 Å². The summed E-state index contributed by atoms with van der Waals surface area (Å²) in [6.07, 6.45) is 5.25. The summed E-state index contributed by atoms with van der Waals surface area (Å²) < 4.78 is 5.83. The first-order chi connectivity index (χ1) is 12.2. The largest absolute Gasteiger partial charge is 0.379 e. The molecule has 1 aromatic heterocycles. The highest BCUT2D eigenvalue weighted by atomic mass is 16.5. The van der Waals surface area contributed by atoms with Crippen molar-refractivity contribution in [1.29, 1.82) is 0 Å². The van der Waals surface area contributed by atoms with Gasteiger partial charge in [0.25, 0.3) is 5.91 Å². The fraction of sp³-hybridized carbons (Fsp3) is 0.684. The predicted octanol–water partition coefficient (Wildman–Crippen LogP) is 1.47. The number of amides is 1. The van der Waals surface area contributed by atoms with Crippen molar-refractivity contribution in [3.8, 4) is 0 Å². The number of hydrogen-bond donors (Lipinski definition) is 0. The predicted molar refractivity (Wildman–Crippen MR) is 96.9 cm³/mol. The van der Waals surface area contributed by atoms with Crippen molar-refractivity contribution in [2.24, 2.45) is 5.92 Å². The van der Waals surface area contributed by atoms with Crippen LogP contribution in [-0.2, 0) is 4.74 Å². The molecule has 3 aliphatic rings. The minimum atomic E-state index is 0.141. The molecule has 0 spiro atoms. The van der Waals surface area contributed by atoms with E-state index in [1.807, 2.05) is 23.2 Å². The Bertz CT molecular complexity index is 617. The minimum absolute atomic E-state index is 0.141. The fourth-order valence-electron chi connectivity index (χ4n) is 4.31. The van der Waals surface area contributed by atoms with Gasteiger partial charge in [-0.2, -0.15) is 0 Å². The van der Waals surface area contributed by atoms with Crippen molar-refractivity contribution >= 4 is 11.7 Å². The second-order valence-electron chi connectivity index (χ2n) is 7.63. The maximum absolute atomic E-state index is 13.1. The summed E-state index contributed by atoms with van der Waals surface area (Å²) >= 11 is 0. The van der Waals surface area contributed by atoms with Crippen LogP contribution in [0.1, 0.15) is 29.6 Å². The summed E-state index contributed by atoms with van der Waals surface area (Å²) in [4.78, 5) is 24.4. The van der Waals surface area contributed by atoms with Gasteiger partial charge >= 0.3 is 0 Å². The van der Waals surface area contributed by atoms with E-state index in [0.29, 0.717) is 12.0 Å². The van der Waals surface area contributed by atoms with E-state index in [4.69, 9.17) is 4.74 Å². The van der Waals surface area contributed by atoms with Gasteiger partial charge in [0.15, 0.2) is 0 Å². The molecular weight excluding hydrogens is 316 g/mol. The zero-order chi connectivity index (χ0) is 17.2. The fourth-order valence-corrected chi connectivity index (χ4v) is 4.31. The van der Waals surface area contributed by atoms with Gasteiger partial charge in [0.05, 0.1) is 24.8 Å². The zero-order valence-corrected chi connectivity index (χ0v) is 15.1. The molecule has 2 bridgehead atoms. The van der Waals surface area contributed by atoms with Crippen LogP contribution in [-0.4, -0.2) is 79.7 Å². The number of aromatic nitrogens is 1. The lowest BCUT2D eigenvalue weighted by molar-refractivity contribution is 0.0723. The molecule has 0 aliphatic carbocycles. The number of anilines is 1. The summed E-state index contributed by atoms with van der Waals surface area (Å²) in [5, 5.41) is 0. The number of carbonyl (C=O) groups excluding carboxylic acids is 1. The Labute approximate surface area is 149 Å². The lowest BCUT2D eigenvalue weighted by Gasteiger charge is -2.33. The Morgan fingerprint density at radius 3 is 2.84 bits per heavy atom. The first kappa shape index (κ1) is 16.8. The molecule has 136 valence electrons. The van der Waals surface area contributed by atoms with Crippen molar-refractivity contribution in [3.63, 3.8) is 0 Å². The quantitative estimate of drug-likeness (QED) is 0.813. The van der Waals surface area contributed by atoms with E-state index in [0.717, 1.165) is 70.2 Å². The normalized spacial score (nSPS) is 27.9. The van der Waals surface area contributed by atoms with Crippen LogP contribution in [0, 0.1) is 5.92 Å². The molecule has 25 heavy (non-hydrogen) atoms. The molecule has 0 N–H and O–H groups in total. The summed E-state index contributed by atoms with van der Waals surface area (Å²) in [7, 11) is 2.17. The Hall–Kier alpha value is -1.66. The van der Waals surface area contributed by atoms with E-state index in [1.54, 1.807) is 0 Å². The second kappa shape index (κ2) is 7.30. The molecule has 0 radical (unpaired) electrons. The van der Waals surface area contributed by atoms with Gasteiger partial charge < -0.3 is 14.5 Å². The zero-order valence-electron chi connectivity index (χ0n) is 15.1. The second-order valence-corrected chi connectivity index (χ2v) is 7.63. The Balaban J connectivity index is 1.61. The van der Waals surface area contributed by atoms with Gasteiger partial charge in [-0.3, -0.25) is 9.69 Å². The van der Waals surface area contributed by atoms with E-state index >= 15 is 0 Å². The summed E-state index contributed by atoms with van der Waals surface area (Å²) in [6, 6.07) is 4.18. The van der Waals surface area contributed by atoms with Crippen LogP contribution in [0.2, 0.25) is 0 Å². The molecular formula is C19H28N4O2. The van der Waals surface area contributed by atoms with Gasteiger partial charge in [0.2, 0.25) is 0 Å². The lowest BCUT2D eigenvalue weighted by Crippen LogP contribution is -2.43. The van der Waals surface area contributed by atoms with Gasteiger partial charge in [0, 0.05) is 44.8 Å². The molecule has 0 aromatic carbocycles. The Kier molecular flexibility index (Phi) is 4.90. The molecule has 3 saturated heterocycles. The average molecular weight is 344 g/mol. The molecule has 1 aromatic rings. The third kappa shape index (κ3) is 3.51. The van der Waals surface area contributed by atoms with E-state index in [9.17, 15) is 4.79 Å². The number of likely N-dealkylation sites (tertiary alicyclic amines) is 1. The van der Waals surface area contributed by atoms with Crippen LogP contribution in [0.5, 0.6) is 0 Å². The number of fused-ring (bicyclic) bond motifs is 3. The molecule has 3 aliphatic heterocycles. The van der Waals surface area contributed by atoms with Crippen LogP contribution in [0.3, 0.4) is 0 Å². The molecule has 6 nitrogen and oxygen atoms in total. The molecule has 4 rings (SSSR count). The van der Waals surface area contributed by atoms with E-state index in [-0.39, 0.29) is 5.91 Å². The molecule has 1 amide bonds. The number of nitrogens with zero attached hydrogens (tertiary/aromatic N) is 4. The van der Waals surface area contributed by atoms with E-state index in [1.165, 1.54) is 6.42 Å². The van der Waals surface area contributed by atoms with Crippen molar-refractivity contribution in [1.82, 2.24) is 14.8 Å². The third-order valence-electron chi connectivity index (χ3n) is 5.70. The number of hydrogen-bond acceptors (Lipinski definition) is 5. The van der Waals surface area contributed by atoms with Gasteiger partial charge in [-0.15, -0.1) is 0 Å². The molecule has 4 heterocycles. The van der Waals surface area contributed by atoms with Gasteiger partial charge in [-0.1, -0.05) is 0 Å². The SMILES string of the molecule is CN1C[C@H]2COC[C@@H]1CN(c1ncccc1C(=O)N1CCCCC1)C2. The number of ether oxygens (including phenoxy) is 1. The van der Waals surface area contributed by atoms with Crippen LogP contribution >= 0.6 is 0 Å². The molecule has 0 unspecified atom stereocenters. The number of piperidine rings is 1. The summed E-state index contributed by atoms with van der Waals surface area (Å²) in [5.74, 6) is 1.45. The van der Waals surface area contributed by atoms with Crippen molar-refractivity contribution < 1.29 is 9.53 Å². The van der Waals surface area contributed by atoms with E-state index < -0.39 is 0 Å². The van der Waals surface area contributed by atoms with Crippen LogP contribution in [0.15, 0.2) is 18.3 Å². The van der Waals surface area contributed by atoms with Crippen LogP contribution in [0.25, 0.3) is 0 Å². The smallest absolute Gasteiger partial charge is 0.257 e. The number of carbonyl (C=O) groups is 1. The Morgan fingerprint density at radius 1 is 1.16 bits per heavy atom. The monoisotopic (exact) mass is 344 g/mol.